The molecule has 84 valence electrons. The lowest BCUT2D eigenvalue weighted by atomic mass is 10.2. The van der Waals surface area contributed by atoms with Crippen molar-refractivity contribution in [1.82, 2.24) is 15.4 Å². The van der Waals surface area contributed by atoms with Crippen molar-refractivity contribution >= 4 is 11.6 Å². The zero-order chi connectivity index (χ0) is 11.7. The molecule has 0 fully saturated rings. The van der Waals surface area contributed by atoms with E-state index < -0.39 is 0 Å². The first-order chi connectivity index (χ1) is 7.59. The number of hydrogen-bond acceptors (Lipinski definition) is 4. The van der Waals surface area contributed by atoms with Crippen molar-refractivity contribution in [3.63, 3.8) is 0 Å². The standard InChI is InChI=1S/C10H12N4O2/c1-5-9(6(2)14-13-5)12-10(15)8-4-11-16-7(8)3/h4H,1-3H3,(H,12,15)(H,13,14). The first kappa shape index (κ1) is 10.4. The van der Waals surface area contributed by atoms with Gasteiger partial charge >= 0.3 is 0 Å². The van der Waals surface area contributed by atoms with Crippen LogP contribution in [0.4, 0.5) is 5.69 Å². The maximum atomic E-state index is 11.8. The smallest absolute Gasteiger partial charge is 0.260 e. The molecule has 6 nitrogen and oxygen atoms in total. The second-order valence-electron chi connectivity index (χ2n) is 3.56. The molecule has 16 heavy (non-hydrogen) atoms. The van der Waals surface area contributed by atoms with Crippen molar-refractivity contribution in [2.24, 2.45) is 0 Å². The number of carbonyl (C=O) groups is 1. The van der Waals surface area contributed by atoms with E-state index in [9.17, 15) is 4.79 Å². The lowest BCUT2D eigenvalue weighted by Crippen LogP contribution is -2.13. The maximum absolute atomic E-state index is 11.8. The Bertz CT molecular complexity index is 507. The van der Waals surface area contributed by atoms with Crippen LogP contribution in [0.5, 0.6) is 0 Å². The number of hydrogen-bond donors (Lipinski definition) is 2. The van der Waals surface area contributed by atoms with Crippen molar-refractivity contribution in [3.8, 4) is 0 Å². The number of nitrogens with zero attached hydrogens (tertiary/aromatic N) is 2. The van der Waals surface area contributed by atoms with Gasteiger partial charge in [-0.3, -0.25) is 9.89 Å². The van der Waals surface area contributed by atoms with Crippen LogP contribution in [0, 0.1) is 20.8 Å². The molecule has 0 atom stereocenters. The fraction of sp³-hybridized carbons (Fsp3) is 0.300. The summed E-state index contributed by atoms with van der Waals surface area (Å²) in [4.78, 5) is 11.8. The molecule has 0 saturated carbocycles. The van der Waals surface area contributed by atoms with E-state index in [4.69, 9.17) is 4.52 Å². The minimum atomic E-state index is -0.244. The summed E-state index contributed by atoms with van der Waals surface area (Å²) in [5.74, 6) is 0.252. The van der Waals surface area contributed by atoms with Crippen molar-refractivity contribution in [1.29, 1.82) is 0 Å². The number of H-pyrrole nitrogens is 1. The van der Waals surface area contributed by atoms with Gasteiger partial charge in [0, 0.05) is 0 Å². The summed E-state index contributed by atoms with van der Waals surface area (Å²) in [5, 5.41) is 13.1. The van der Waals surface area contributed by atoms with E-state index in [-0.39, 0.29) is 5.91 Å². The summed E-state index contributed by atoms with van der Waals surface area (Å²) in [6.07, 6.45) is 1.40. The summed E-state index contributed by atoms with van der Waals surface area (Å²) in [5.41, 5.74) is 2.70. The third-order valence-electron chi connectivity index (χ3n) is 2.36. The summed E-state index contributed by atoms with van der Waals surface area (Å²) in [7, 11) is 0. The second kappa shape index (κ2) is 3.80. The van der Waals surface area contributed by atoms with E-state index >= 15 is 0 Å². The number of anilines is 1. The van der Waals surface area contributed by atoms with Gasteiger partial charge in [-0.05, 0) is 20.8 Å². The predicted molar refractivity (Wildman–Crippen MR) is 57.3 cm³/mol. The molecule has 0 unspecified atom stereocenters. The Kier molecular flexibility index (Phi) is 2.47. The van der Waals surface area contributed by atoms with Crippen molar-refractivity contribution in [2.45, 2.75) is 20.8 Å². The van der Waals surface area contributed by atoms with Crippen molar-refractivity contribution < 1.29 is 9.32 Å². The van der Waals surface area contributed by atoms with Crippen LogP contribution in [0.1, 0.15) is 27.5 Å². The fourth-order valence-corrected chi connectivity index (χ4v) is 1.43. The summed E-state index contributed by atoms with van der Waals surface area (Å²) in [6.45, 7) is 5.35. The average molecular weight is 220 g/mol. The summed E-state index contributed by atoms with van der Waals surface area (Å²) in [6, 6.07) is 0. The van der Waals surface area contributed by atoms with Crippen molar-refractivity contribution in [3.05, 3.63) is 28.9 Å². The van der Waals surface area contributed by atoms with Crippen LogP contribution < -0.4 is 5.32 Å². The molecule has 2 heterocycles. The van der Waals surface area contributed by atoms with Gasteiger partial charge in [-0.2, -0.15) is 5.10 Å². The molecule has 0 spiro atoms. The fourth-order valence-electron chi connectivity index (χ4n) is 1.43. The predicted octanol–water partition coefficient (Wildman–Crippen LogP) is 1.58. The third kappa shape index (κ3) is 1.69. The maximum Gasteiger partial charge on any atom is 0.260 e. The quantitative estimate of drug-likeness (QED) is 0.804. The van der Waals surface area contributed by atoms with E-state index in [1.54, 1.807) is 6.92 Å². The normalized spacial score (nSPS) is 10.4. The van der Waals surface area contributed by atoms with Gasteiger partial charge < -0.3 is 9.84 Å². The highest BCUT2D eigenvalue weighted by Gasteiger charge is 2.15. The lowest BCUT2D eigenvalue weighted by Gasteiger charge is -2.03. The van der Waals surface area contributed by atoms with Crippen LogP contribution >= 0.6 is 0 Å². The van der Waals surface area contributed by atoms with Crippen LogP contribution in [-0.2, 0) is 0 Å². The van der Waals surface area contributed by atoms with Crippen LogP contribution in [0.25, 0.3) is 0 Å². The average Bonchev–Trinajstić information content (AvgIpc) is 2.79. The van der Waals surface area contributed by atoms with Crippen LogP contribution in [0.15, 0.2) is 10.7 Å². The molecule has 0 bridgehead atoms. The Morgan fingerprint density at radius 3 is 2.69 bits per heavy atom. The molecule has 2 aromatic rings. The van der Waals surface area contributed by atoms with Gasteiger partial charge in [0.15, 0.2) is 0 Å². The highest BCUT2D eigenvalue weighted by molar-refractivity contribution is 6.05. The molecular weight excluding hydrogens is 208 g/mol. The number of carbonyl (C=O) groups excluding carboxylic acids is 1. The number of aromatic amines is 1. The minimum absolute atomic E-state index is 0.244. The monoisotopic (exact) mass is 220 g/mol. The topological polar surface area (TPSA) is 83.8 Å². The molecule has 0 aliphatic rings. The van der Waals surface area contributed by atoms with Gasteiger partial charge in [-0.1, -0.05) is 5.16 Å². The molecule has 2 N–H and O–H groups in total. The SMILES string of the molecule is Cc1n[nH]c(C)c1NC(=O)c1cnoc1C. The number of aryl methyl sites for hydroxylation is 3. The lowest BCUT2D eigenvalue weighted by molar-refractivity contribution is 0.102. The number of amides is 1. The first-order valence-electron chi connectivity index (χ1n) is 4.83. The largest absolute Gasteiger partial charge is 0.361 e. The summed E-state index contributed by atoms with van der Waals surface area (Å²) >= 11 is 0. The number of rotatable bonds is 2. The Morgan fingerprint density at radius 1 is 1.44 bits per heavy atom. The Hall–Kier alpha value is -2.11. The highest BCUT2D eigenvalue weighted by Crippen LogP contribution is 2.17. The van der Waals surface area contributed by atoms with E-state index in [0.29, 0.717) is 17.0 Å². The number of aromatic nitrogens is 3. The van der Waals surface area contributed by atoms with Crippen molar-refractivity contribution in [2.75, 3.05) is 5.32 Å². The summed E-state index contributed by atoms with van der Waals surface area (Å²) < 4.78 is 4.83. The van der Waals surface area contributed by atoms with E-state index in [1.165, 1.54) is 6.20 Å². The molecule has 1 amide bonds. The minimum Gasteiger partial charge on any atom is -0.361 e. The van der Waals surface area contributed by atoms with Crippen LogP contribution in [-0.4, -0.2) is 21.3 Å². The molecular formula is C10H12N4O2. The zero-order valence-electron chi connectivity index (χ0n) is 9.29. The molecule has 6 heteroatoms. The van der Waals surface area contributed by atoms with Gasteiger partial charge in [0.2, 0.25) is 0 Å². The first-order valence-corrected chi connectivity index (χ1v) is 4.83. The molecule has 0 radical (unpaired) electrons. The van der Waals surface area contributed by atoms with Crippen LogP contribution in [0.3, 0.4) is 0 Å². The molecule has 0 saturated heterocycles. The number of nitrogens with one attached hydrogen (secondary N) is 2. The second-order valence-corrected chi connectivity index (χ2v) is 3.56. The molecule has 2 rings (SSSR count). The van der Waals surface area contributed by atoms with Gasteiger partial charge in [0.25, 0.3) is 5.91 Å². The van der Waals surface area contributed by atoms with E-state index in [2.05, 4.69) is 20.7 Å². The van der Waals surface area contributed by atoms with E-state index in [0.717, 1.165) is 11.4 Å². The molecule has 0 aliphatic carbocycles. The zero-order valence-corrected chi connectivity index (χ0v) is 9.29. The van der Waals surface area contributed by atoms with Crippen LogP contribution in [0.2, 0.25) is 0 Å². The molecule has 0 aliphatic heterocycles. The van der Waals surface area contributed by atoms with Gasteiger partial charge in [0.1, 0.15) is 11.3 Å². The van der Waals surface area contributed by atoms with Gasteiger partial charge in [-0.25, -0.2) is 0 Å². The highest BCUT2D eigenvalue weighted by atomic mass is 16.5. The Balaban J connectivity index is 2.24. The van der Waals surface area contributed by atoms with Gasteiger partial charge in [0.05, 0.1) is 23.3 Å². The molecule has 0 aromatic carbocycles. The molecule has 2 aromatic heterocycles. The third-order valence-corrected chi connectivity index (χ3v) is 2.36. The Morgan fingerprint density at radius 2 is 2.19 bits per heavy atom. The van der Waals surface area contributed by atoms with Gasteiger partial charge in [-0.15, -0.1) is 0 Å². The Labute approximate surface area is 92.0 Å². The van der Waals surface area contributed by atoms with E-state index in [1.807, 2.05) is 13.8 Å².